The number of nitrogens with zero attached hydrogens (tertiary/aromatic N) is 3. The first-order chi connectivity index (χ1) is 10.9. The molecule has 2 aromatic heterocycles. The highest BCUT2D eigenvalue weighted by molar-refractivity contribution is 7.13. The largest absolute Gasteiger partial charge is 0.418 e. The highest BCUT2D eigenvalue weighted by Crippen LogP contribution is 2.37. The van der Waals surface area contributed by atoms with Crippen molar-refractivity contribution in [1.82, 2.24) is 4.98 Å². The Bertz CT molecular complexity index is 845. The van der Waals surface area contributed by atoms with E-state index in [-0.39, 0.29) is 0 Å². The van der Waals surface area contributed by atoms with Gasteiger partial charge in [-0.15, -0.1) is 11.3 Å². The van der Waals surface area contributed by atoms with Crippen molar-refractivity contribution in [2.75, 3.05) is 11.4 Å². The maximum Gasteiger partial charge on any atom is 0.240 e. The fourth-order valence-electron chi connectivity index (χ4n) is 2.82. The lowest BCUT2D eigenvalue weighted by molar-refractivity contribution is 0.562. The van der Waals surface area contributed by atoms with Crippen LogP contribution < -0.4 is 4.90 Å². The van der Waals surface area contributed by atoms with Crippen LogP contribution >= 0.6 is 11.3 Å². The summed E-state index contributed by atoms with van der Waals surface area (Å²) in [5.41, 5.74) is 2.74. The Morgan fingerprint density at radius 3 is 2.95 bits per heavy atom. The van der Waals surface area contributed by atoms with E-state index in [9.17, 15) is 5.26 Å². The van der Waals surface area contributed by atoms with Gasteiger partial charge in [0.15, 0.2) is 0 Å². The number of nitriles is 1. The van der Waals surface area contributed by atoms with E-state index in [4.69, 9.17) is 4.42 Å². The van der Waals surface area contributed by atoms with Gasteiger partial charge in [-0.25, -0.2) is 0 Å². The molecule has 0 fully saturated rings. The van der Waals surface area contributed by atoms with Crippen molar-refractivity contribution in [3.05, 3.63) is 53.0 Å². The molecule has 0 aliphatic carbocycles. The molecule has 0 amide bonds. The molecule has 0 unspecified atom stereocenters. The van der Waals surface area contributed by atoms with Gasteiger partial charge in [0.25, 0.3) is 0 Å². The number of benzene rings is 1. The van der Waals surface area contributed by atoms with Crippen LogP contribution in [0.4, 0.5) is 11.6 Å². The smallest absolute Gasteiger partial charge is 0.240 e. The predicted molar refractivity (Wildman–Crippen MR) is 86.3 cm³/mol. The van der Waals surface area contributed by atoms with E-state index in [1.165, 1.54) is 5.56 Å². The first-order valence-corrected chi connectivity index (χ1v) is 8.05. The Balaban J connectivity index is 1.82. The van der Waals surface area contributed by atoms with Crippen molar-refractivity contribution in [2.45, 2.75) is 12.8 Å². The highest BCUT2D eigenvalue weighted by atomic mass is 32.1. The average molecular weight is 307 g/mol. The molecule has 1 aliphatic rings. The Kier molecular flexibility index (Phi) is 3.17. The number of hydrogen-bond acceptors (Lipinski definition) is 5. The zero-order valence-corrected chi connectivity index (χ0v) is 12.6. The standard InChI is InChI=1S/C17H13N3OS/c18-11-13-17(21-16(19-13)15-8-4-10-22-15)20-9-3-6-12-5-1-2-7-14(12)20/h1-2,4-5,7-8,10H,3,6,9H2. The average Bonchev–Trinajstić information content (AvgIpc) is 3.23. The van der Waals surface area contributed by atoms with E-state index in [1.807, 2.05) is 29.6 Å². The molecule has 0 atom stereocenters. The van der Waals surface area contributed by atoms with Crippen LogP contribution in [0.5, 0.6) is 0 Å². The van der Waals surface area contributed by atoms with Gasteiger partial charge in [0.1, 0.15) is 6.07 Å². The van der Waals surface area contributed by atoms with E-state index in [0.717, 1.165) is 30.0 Å². The minimum atomic E-state index is 0.347. The molecule has 3 heterocycles. The summed E-state index contributed by atoms with van der Waals surface area (Å²) in [5.74, 6) is 1.07. The number of para-hydroxylation sites is 1. The van der Waals surface area contributed by atoms with Crippen LogP contribution in [-0.4, -0.2) is 11.5 Å². The minimum Gasteiger partial charge on any atom is -0.418 e. The first-order valence-electron chi connectivity index (χ1n) is 7.17. The van der Waals surface area contributed by atoms with Crippen molar-refractivity contribution in [2.24, 2.45) is 0 Å². The number of aromatic nitrogens is 1. The number of rotatable bonds is 2. The van der Waals surface area contributed by atoms with Crippen LogP contribution in [-0.2, 0) is 6.42 Å². The van der Waals surface area contributed by atoms with Gasteiger partial charge in [0.2, 0.25) is 17.5 Å². The first kappa shape index (κ1) is 13.1. The van der Waals surface area contributed by atoms with Crippen LogP contribution in [0.15, 0.2) is 46.2 Å². The van der Waals surface area contributed by atoms with Gasteiger partial charge in [-0.3, -0.25) is 0 Å². The summed E-state index contributed by atoms with van der Waals surface area (Å²) < 4.78 is 5.95. The Morgan fingerprint density at radius 2 is 2.14 bits per heavy atom. The number of thiophene rings is 1. The van der Waals surface area contributed by atoms with Crippen molar-refractivity contribution >= 4 is 22.9 Å². The van der Waals surface area contributed by atoms with Gasteiger partial charge in [0.05, 0.1) is 4.88 Å². The summed E-state index contributed by atoms with van der Waals surface area (Å²) in [5, 5.41) is 11.4. The van der Waals surface area contributed by atoms with Crippen molar-refractivity contribution < 1.29 is 4.42 Å². The van der Waals surface area contributed by atoms with Gasteiger partial charge in [-0.2, -0.15) is 10.2 Å². The molecule has 108 valence electrons. The molecule has 5 heteroatoms. The fourth-order valence-corrected chi connectivity index (χ4v) is 3.47. The second-order valence-electron chi connectivity index (χ2n) is 5.15. The molecular formula is C17H13N3OS. The minimum absolute atomic E-state index is 0.347. The lowest BCUT2D eigenvalue weighted by atomic mass is 10.0. The van der Waals surface area contributed by atoms with E-state index in [0.29, 0.717) is 17.5 Å². The molecule has 0 saturated carbocycles. The molecule has 0 saturated heterocycles. The lowest BCUT2D eigenvalue weighted by Gasteiger charge is -2.28. The number of aryl methyl sites for hydroxylation is 1. The third-order valence-corrected chi connectivity index (χ3v) is 4.66. The summed E-state index contributed by atoms with van der Waals surface area (Å²) in [6.45, 7) is 0.838. The molecule has 0 bridgehead atoms. The van der Waals surface area contributed by atoms with Crippen LogP contribution in [0.25, 0.3) is 10.8 Å². The Hall–Kier alpha value is -2.58. The molecule has 4 rings (SSSR count). The zero-order valence-electron chi connectivity index (χ0n) is 11.8. The van der Waals surface area contributed by atoms with E-state index >= 15 is 0 Å². The Morgan fingerprint density at radius 1 is 1.23 bits per heavy atom. The number of hydrogen-bond donors (Lipinski definition) is 0. The third-order valence-electron chi connectivity index (χ3n) is 3.80. The van der Waals surface area contributed by atoms with Crippen LogP contribution in [0.3, 0.4) is 0 Å². The number of oxazole rings is 1. The predicted octanol–water partition coefficient (Wildman–Crippen LogP) is 4.36. The maximum absolute atomic E-state index is 9.41. The highest BCUT2D eigenvalue weighted by Gasteiger charge is 2.25. The van der Waals surface area contributed by atoms with Crippen LogP contribution in [0, 0.1) is 11.3 Å². The van der Waals surface area contributed by atoms with Crippen molar-refractivity contribution in [1.29, 1.82) is 5.26 Å². The summed E-state index contributed by atoms with van der Waals surface area (Å²) >= 11 is 1.56. The second-order valence-corrected chi connectivity index (χ2v) is 6.09. The lowest BCUT2D eigenvalue weighted by Crippen LogP contribution is -2.24. The van der Waals surface area contributed by atoms with Crippen LogP contribution in [0.2, 0.25) is 0 Å². The van der Waals surface area contributed by atoms with Crippen LogP contribution in [0.1, 0.15) is 17.7 Å². The van der Waals surface area contributed by atoms with Gasteiger partial charge in [-0.1, -0.05) is 24.3 Å². The molecule has 1 aliphatic heterocycles. The van der Waals surface area contributed by atoms with Crippen molar-refractivity contribution in [3.8, 4) is 16.8 Å². The van der Waals surface area contributed by atoms with Crippen molar-refractivity contribution in [3.63, 3.8) is 0 Å². The fraction of sp³-hybridized carbons (Fsp3) is 0.176. The third kappa shape index (κ3) is 2.09. The van der Waals surface area contributed by atoms with Gasteiger partial charge in [-0.05, 0) is 35.9 Å². The van der Waals surface area contributed by atoms with Gasteiger partial charge in [0, 0.05) is 12.2 Å². The van der Waals surface area contributed by atoms with E-state index < -0.39 is 0 Å². The summed E-state index contributed by atoms with van der Waals surface area (Å²) in [6.07, 6.45) is 2.09. The number of anilines is 2. The van der Waals surface area contributed by atoms with E-state index in [2.05, 4.69) is 28.1 Å². The molecule has 22 heavy (non-hydrogen) atoms. The van der Waals surface area contributed by atoms with Gasteiger partial charge >= 0.3 is 0 Å². The van der Waals surface area contributed by atoms with E-state index in [1.54, 1.807) is 11.3 Å². The Labute approximate surface area is 132 Å². The molecular weight excluding hydrogens is 294 g/mol. The molecule has 4 nitrogen and oxygen atoms in total. The monoisotopic (exact) mass is 307 g/mol. The zero-order chi connectivity index (χ0) is 14.9. The molecule has 0 radical (unpaired) electrons. The molecule has 0 N–H and O–H groups in total. The summed E-state index contributed by atoms with van der Waals surface area (Å²) in [4.78, 5) is 7.37. The second kappa shape index (κ2) is 5.32. The summed E-state index contributed by atoms with van der Waals surface area (Å²) in [7, 11) is 0. The topological polar surface area (TPSA) is 53.1 Å². The number of fused-ring (bicyclic) bond motifs is 1. The maximum atomic E-state index is 9.41. The molecule has 1 aromatic carbocycles. The normalized spacial score (nSPS) is 13.7. The molecule has 3 aromatic rings. The van der Waals surface area contributed by atoms with Gasteiger partial charge < -0.3 is 9.32 Å². The quantitative estimate of drug-likeness (QED) is 0.706. The summed E-state index contributed by atoms with van der Waals surface area (Å²) in [6, 6.07) is 14.3. The molecule has 0 spiro atoms. The SMILES string of the molecule is N#Cc1nc(-c2cccs2)oc1N1CCCc2ccccc21.